The summed E-state index contributed by atoms with van der Waals surface area (Å²) < 4.78 is 54.5. The predicted molar refractivity (Wildman–Crippen MR) is 159 cm³/mol. The number of rotatable bonds is 3. The first-order valence-electron chi connectivity index (χ1n) is 14.8. The molecule has 4 heterocycles. The number of hydrogen-bond acceptors (Lipinski definition) is 9. The Morgan fingerprint density at radius 2 is 1.69 bits per heavy atom. The van der Waals surface area contributed by atoms with Gasteiger partial charge in [-0.2, -0.15) is 28.1 Å². The lowest BCUT2D eigenvalue weighted by Gasteiger charge is -2.23. The van der Waals surface area contributed by atoms with E-state index in [1.807, 2.05) is 12.1 Å². The van der Waals surface area contributed by atoms with Crippen molar-refractivity contribution in [2.24, 2.45) is 0 Å². The lowest BCUT2D eigenvalue weighted by atomic mass is 10.1. The van der Waals surface area contributed by atoms with Crippen LogP contribution in [0.2, 0.25) is 0 Å². The smallest absolute Gasteiger partial charge is 0.422 e. The van der Waals surface area contributed by atoms with Crippen molar-refractivity contribution in [2.75, 3.05) is 38.2 Å². The Labute approximate surface area is 259 Å². The highest BCUT2D eigenvalue weighted by Gasteiger charge is 2.29. The summed E-state index contributed by atoms with van der Waals surface area (Å²) in [6, 6.07) is 13.6. The fraction of sp³-hybridized carbons (Fsp3) is 0.452. The van der Waals surface area contributed by atoms with E-state index in [1.54, 1.807) is 55.1 Å². The van der Waals surface area contributed by atoms with Gasteiger partial charge in [0.25, 0.3) is 5.91 Å². The second-order valence-corrected chi connectivity index (χ2v) is 10.7. The maximum absolute atomic E-state index is 12.8. The number of benzene rings is 2. The largest absolute Gasteiger partial charge is 0.492 e. The van der Waals surface area contributed by atoms with Gasteiger partial charge >= 0.3 is 18.3 Å². The molecule has 2 amide bonds. The molecule has 0 aliphatic carbocycles. The summed E-state index contributed by atoms with van der Waals surface area (Å²) in [5.74, 6) is 0.621. The molecule has 0 atom stereocenters. The predicted octanol–water partition coefficient (Wildman–Crippen LogP) is 5.16. The molecule has 14 heteroatoms. The molecule has 2 aromatic carbocycles. The Kier molecular flexibility index (Phi) is 11.8. The second kappa shape index (κ2) is 15.9. The number of halogens is 3. The lowest BCUT2D eigenvalue weighted by Crippen LogP contribution is -2.37. The summed E-state index contributed by atoms with van der Waals surface area (Å²) >= 11 is 0. The summed E-state index contributed by atoms with van der Waals surface area (Å²) in [6.07, 6.45) is -2.78. The van der Waals surface area contributed by atoms with E-state index in [-0.39, 0.29) is 43.4 Å². The van der Waals surface area contributed by atoms with Gasteiger partial charge in [0.15, 0.2) is 6.61 Å². The third-order valence-electron chi connectivity index (χ3n) is 6.59. The lowest BCUT2D eigenvalue weighted by molar-refractivity contribution is -0.154. The molecule has 1 aromatic heterocycles. The van der Waals surface area contributed by atoms with Gasteiger partial charge in [-0.15, -0.1) is 0 Å². The monoisotopic (exact) mass is 630 g/mol. The fourth-order valence-corrected chi connectivity index (χ4v) is 4.36. The first-order valence-corrected chi connectivity index (χ1v) is 14.8. The number of carbonyl (C=O) groups is 2. The second-order valence-electron chi connectivity index (χ2n) is 10.7. The van der Waals surface area contributed by atoms with Crippen molar-refractivity contribution in [3.63, 3.8) is 0 Å². The minimum atomic E-state index is -4.56. The minimum Gasteiger partial charge on any atom is -0.492 e. The Morgan fingerprint density at radius 1 is 0.956 bits per heavy atom. The third-order valence-corrected chi connectivity index (χ3v) is 6.59. The average molecular weight is 631 g/mol. The van der Waals surface area contributed by atoms with Gasteiger partial charge in [0, 0.05) is 31.6 Å². The molecule has 2 N–H and O–H groups in total. The topological polar surface area (TPSA) is 128 Å². The molecular weight excluding hydrogens is 593 g/mol. The molecule has 6 rings (SSSR count). The quantitative estimate of drug-likeness (QED) is 0.404. The molecule has 0 spiro atoms. The molecule has 0 radical (unpaired) electrons. The average Bonchev–Trinajstić information content (AvgIpc) is 2.99. The van der Waals surface area contributed by atoms with Gasteiger partial charge in [0.05, 0.1) is 12.6 Å². The highest BCUT2D eigenvalue weighted by atomic mass is 19.4. The van der Waals surface area contributed by atoms with Crippen LogP contribution in [0.1, 0.15) is 60.4 Å². The first kappa shape index (κ1) is 33.3. The van der Waals surface area contributed by atoms with Crippen molar-refractivity contribution < 1.29 is 37.0 Å². The number of carbonyl (C=O) groups excluding carboxylic acids is 2. The SMILES string of the molecule is CC(C)OC(=O)N1CCCCCNC(=O)c2ccc(cc2)Cc2nc(nc(OCC(F)(F)F)n2)NCc2ccc(cc2)OCC1. The van der Waals surface area contributed by atoms with Crippen LogP contribution >= 0.6 is 0 Å². The van der Waals surface area contributed by atoms with Gasteiger partial charge in [-0.3, -0.25) is 4.79 Å². The number of aromatic nitrogens is 3. The maximum Gasteiger partial charge on any atom is 0.422 e. The van der Waals surface area contributed by atoms with Crippen molar-refractivity contribution in [3.05, 3.63) is 71.0 Å². The van der Waals surface area contributed by atoms with Gasteiger partial charge in [-0.1, -0.05) is 24.3 Å². The number of anilines is 1. The zero-order valence-corrected chi connectivity index (χ0v) is 25.2. The molecule has 45 heavy (non-hydrogen) atoms. The Bertz CT molecular complexity index is 1400. The van der Waals surface area contributed by atoms with Crippen molar-refractivity contribution in [1.29, 1.82) is 0 Å². The van der Waals surface area contributed by atoms with Crippen molar-refractivity contribution >= 4 is 17.9 Å². The van der Waals surface area contributed by atoms with E-state index in [0.717, 1.165) is 30.4 Å². The van der Waals surface area contributed by atoms with Crippen molar-refractivity contribution in [3.8, 4) is 11.8 Å². The van der Waals surface area contributed by atoms with E-state index in [9.17, 15) is 22.8 Å². The molecular formula is C31H37F3N6O5. The standard InChI is InChI=1S/C31H37F3N6O5/c1-21(2)45-30(42)40-15-5-3-4-14-35-27(41)24-10-6-22(7-11-24)18-26-37-28(39-29(38-26)44-20-31(32,33)34)36-19-23-8-12-25(13-9-23)43-17-16-40/h6-13,21H,3-5,14-20H2,1-2H3,(H,35,41)(H,36,37,38,39). The van der Waals surface area contributed by atoms with Crippen LogP contribution < -0.4 is 20.1 Å². The Balaban J connectivity index is 1.52. The van der Waals surface area contributed by atoms with Gasteiger partial charge in [-0.25, -0.2) is 4.79 Å². The van der Waals surface area contributed by atoms with Crippen molar-refractivity contribution in [1.82, 2.24) is 25.2 Å². The van der Waals surface area contributed by atoms with Crippen LogP contribution in [-0.2, 0) is 17.7 Å². The summed E-state index contributed by atoms with van der Waals surface area (Å²) in [5, 5.41) is 5.91. The van der Waals surface area contributed by atoms with Crippen LogP contribution in [0.25, 0.3) is 0 Å². The van der Waals surface area contributed by atoms with Crippen LogP contribution in [0.4, 0.5) is 23.9 Å². The van der Waals surface area contributed by atoms with Gasteiger partial charge in [-0.05, 0) is 68.5 Å². The number of hydrogen-bond donors (Lipinski definition) is 2. The number of alkyl halides is 3. The highest BCUT2D eigenvalue weighted by molar-refractivity contribution is 5.94. The van der Waals surface area contributed by atoms with Crippen LogP contribution in [0.3, 0.4) is 0 Å². The minimum absolute atomic E-state index is 0.0485. The van der Waals surface area contributed by atoms with Gasteiger partial charge in [0.2, 0.25) is 5.95 Å². The van der Waals surface area contributed by atoms with Crippen LogP contribution in [-0.4, -0.2) is 77.0 Å². The van der Waals surface area contributed by atoms with E-state index in [4.69, 9.17) is 14.2 Å². The number of ether oxygens (including phenoxy) is 3. The molecule has 0 unspecified atom stereocenters. The van der Waals surface area contributed by atoms with E-state index in [1.165, 1.54) is 0 Å². The number of amides is 2. The van der Waals surface area contributed by atoms with Crippen molar-refractivity contribution in [2.45, 2.75) is 58.4 Å². The molecule has 3 aromatic rings. The molecule has 0 saturated carbocycles. The van der Waals surface area contributed by atoms with E-state index in [2.05, 4.69) is 25.6 Å². The summed E-state index contributed by atoms with van der Waals surface area (Å²) in [6.45, 7) is 3.87. The molecule has 6 bridgehead atoms. The normalized spacial score (nSPS) is 15.3. The highest BCUT2D eigenvalue weighted by Crippen LogP contribution is 2.19. The number of nitrogens with one attached hydrogen (secondary N) is 2. The summed E-state index contributed by atoms with van der Waals surface area (Å²) in [4.78, 5) is 39.3. The maximum atomic E-state index is 12.8. The molecule has 0 saturated heterocycles. The Hall–Kier alpha value is -4.62. The third kappa shape index (κ3) is 11.4. The molecule has 11 nitrogen and oxygen atoms in total. The number of fused-ring (bicyclic) bond motifs is 2. The molecule has 0 fully saturated rings. The summed E-state index contributed by atoms with van der Waals surface area (Å²) in [7, 11) is 0. The van der Waals surface area contributed by atoms with E-state index < -0.39 is 24.9 Å². The molecule has 242 valence electrons. The zero-order valence-electron chi connectivity index (χ0n) is 25.2. The zero-order chi connectivity index (χ0) is 32.2. The van der Waals surface area contributed by atoms with Gasteiger partial charge in [0.1, 0.15) is 18.2 Å². The van der Waals surface area contributed by atoms with Gasteiger partial charge < -0.3 is 29.7 Å². The Morgan fingerprint density at radius 3 is 2.40 bits per heavy atom. The van der Waals surface area contributed by atoms with Crippen LogP contribution in [0, 0.1) is 0 Å². The molecule has 3 aliphatic heterocycles. The van der Waals surface area contributed by atoms with Crippen LogP contribution in [0.5, 0.6) is 11.8 Å². The van der Waals surface area contributed by atoms with Crippen LogP contribution in [0.15, 0.2) is 48.5 Å². The summed E-state index contributed by atoms with van der Waals surface area (Å²) in [5.41, 5.74) is 2.04. The fourth-order valence-electron chi connectivity index (χ4n) is 4.36. The van der Waals surface area contributed by atoms with E-state index >= 15 is 0 Å². The number of nitrogens with zero attached hydrogens (tertiary/aromatic N) is 4. The molecule has 3 aliphatic rings. The van der Waals surface area contributed by atoms with E-state index in [0.29, 0.717) is 30.9 Å². The first-order chi connectivity index (χ1) is 21.5.